The molecule has 1 aromatic carbocycles. The number of nitrogens with two attached hydrogens (primary N) is 1. The van der Waals surface area contributed by atoms with E-state index in [-0.39, 0.29) is 17.1 Å². The van der Waals surface area contributed by atoms with E-state index in [4.69, 9.17) is 5.73 Å². The van der Waals surface area contributed by atoms with Gasteiger partial charge in [0.05, 0.1) is 9.82 Å². The molecule has 0 radical (unpaired) electrons. The van der Waals surface area contributed by atoms with Crippen molar-refractivity contribution in [2.24, 2.45) is 5.73 Å². The molecule has 0 spiro atoms. The molecule has 19 heavy (non-hydrogen) atoms. The number of nitro groups is 1. The maximum Gasteiger partial charge on any atom is 0.270 e. The Balaban J connectivity index is 3.20. The molecule has 2 N–H and O–H groups in total. The van der Waals surface area contributed by atoms with Gasteiger partial charge in [0, 0.05) is 25.7 Å². The van der Waals surface area contributed by atoms with E-state index in [9.17, 15) is 18.5 Å². The van der Waals surface area contributed by atoms with Gasteiger partial charge in [-0.25, -0.2) is 12.7 Å². The molecule has 0 aliphatic heterocycles. The first-order valence-corrected chi connectivity index (χ1v) is 7.16. The Morgan fingerprint density at radius 1 is 1.42 bits per heavy atom. The highest BCUT2D eigenvalue weighted by Gasteiger charge is 2.24. The third-order valence-corrected chi connectivity index (χ3v) is 4.75. The van der Waals surface area contributed by atoms with Gasteiger partial charge in [0.1, 0.15) is 0 Å². The van der Waals surface area contributed by atoms with E-state index < -0.39 is 14.9 Å². The Hall–Kier alpha value is -1.51. The van der Waals surface area contributed by atoms with Gasteiger partial charge >= 0.3 is 0 Å². The van der Waals surface area contributed by atoms with Crippen molar-refractivity contribution in [3.05, 3.63) is 33.9 Å². The van der Waals surface area contributed by atoms with Crippen LogP contribution in [0.3, 0.4) is 0 Å². The molecular formula is C11H17N3O4S. The average Bonchev–Trinajstić information content (AvgIpc) is 2.35. The predicted octanol–water partition coefficient (Wildman–Crippen LogP) is 0.873. The summed E-state index contributed by atoms with van der Waals surface area (Å²) in [4.78, 5) is 10.1. The van der Waals surface area contributed by atoms with Crippen LogP contribution in [-0.2, 0) is 10.0 Å². The molecule has 8 heteroatoms. The Morgan fingerprint density at radius 2 is 2.05 bits per heavy atom. The van der Waals surface area contributed by atoms with Gasteiger partial charge in [-0.1, -0.05) is 6.07 Å². The Bertz CT molecular complexity index is 571. The molecule has 7 nitrogen and oxygen atoms in total. The highest BCUT2D eigenvalue weighted by molar-refractivity contribution is 7.89. The normalized spacial score (nSPS) is 11.8. The molecule has 0 bridgehead atoms. The summed E-state index contributed by atoms with van der Waals surface area (Å²) in [6.45, 7) is 2.27. The first-order valence-electron chi connectivity index (χ1n) is 5.72. The molecule has 106 valence electrons. The number of nitrogens with zero attached hydrogens (tertiary/aromatic N) is 2. The molecule has 0 aliphatic rings. The minimum atomic E-state index is -3.72. The highest BCUT2D eigenvalue weighted by Crippen LogP contribution is 2.24. The van der Waals surface area contributed by atoms with Crippen molar-refractivity contribution in [1.82, 2.24) is 4.31 Å². The molecule has 0 atom stereocenters. The number of rotatable bonds is 6. The van der Waals surface area contributed by atoms with Gasteiger partial charge in [0.25, 0.3) is 5.69 Å². The van der Waals surface area contributed by atoms with Gasteiger partial charge in [0.2, 0.25) is 10.0 Å². The van der Waals surface area contributed by atoms with Gasteiger partial charge in [-0.15, -0.1) is 0 Å². The van der Waals surface area contributed by atoms with Gasteiger partial charge in [0.15, 0.2) is 0 Å². The van der Waals surface area contributed by atoms with Crippen LogP contribution in [0.25, 0.3) is 0 Å². The van der Waals surface area contributed by atoms with Gasteiger partial charge in [-0.3, -0.25) is 10.1 Å². The highest BCUT2D eigenvalue weighted by atomic mass is 32.2. The smallest absolute Gasteiger partial charge is 0.270 e. The van der Waals surface area contributed by atoms with Crippen LogP contribution in [0, 0.1) is 17.0 Å². The molecule has 0 aromatic heterocycles. The van der Waals surface area contributed by atoms with Crippen molar-refractivity contribution in [3.63, 3.8) is 0 Å². The summed E-state index contributed by atoms with van der Waals surface area (Å²) in [6, 6.07) is 3.81. The lowest BCUT2D eigenvalue weighted by Gasteiger charge is -2.17. The van der Waals surface area contributed by atoms with E-state index in [0.717, 1.165) is 10.4 Å². The number of hydrogen-bond donors (Lipinski definition) is 1. The second-order valence-electron chi connectivity index (χ2n) is 4.18. The Morgan fingerprint density at radius 3 is 2.58 bits per heavy atom. The maximum absolute atomic E-state index is 12.3. The number of hydrogen-bond acceptors (Lipinski definition) is 5. The van der Waals surface area contributed by atoms with Crippen molar-refractivity contribution in [2.45, 2.75) is 18.2 Å². The summed E-state index contributed by atoms with van der Waals surface area (Å²) in [7, 11) is -2.29. The van der Waals surface area contributed by atoms with Crippen LogP contribution in [0.4, 0.5) is 5.69 Å². The quantitative estimate of drug-likeness (QED) is 0.617. The van der Waals surface area contributed by atoms with Crippen molar-refractivity contribution >= 4 is 15.7 Å². The van der Waals surface area contributed by atoms with E-state index in [1.54, 1.807) is 6.92 Å². The number of benzene rings is 1. The minimum Gasteiger partial charge on any atom is -0.330 e. The number of sulfonamides is 1. The van der Waals surface area contributed by atoms with E-state index in [1.807, 2.05) is 0 Å². The lowest BCUT2D eigenvalue weighted by atomic mass is 10.2. The second kappa shape index (κ2) is 6.09. The fourth-order valence-electron chi connectivity index (χ4n) is 1.58. The van der Waals surface area contributed by atoms with Gasteiger partial charge in [-0.05, 0) is 25.5 Å². The maximum atomic E-state index is 12.3. The number of aryl methyl sites for hydroxylation is 1. The molecule has 0 aliphatic carbocycles. The molecule has 0 fully saturated rings. The zero-order valence-electron chi connectivity index (χ0n) is 10.9. The molecule has 0 saturated heterocycles. The SMILES string of the molecule is Cc1ccc([N+](=O)[O-])cc1S(=O)(=O)N(C)CCCN. The third-order valence-electron chi connectivity index (χ3n) is 2.75. The zero-order valence-corrected chi connectivity index (χ0v) is 11.7. The van der Waals surface area contributed by atoms with Gasteiger partial charge in [-0.2, -0.15) is 0 Å². The van der Waals surface area contributed by atoms with Crippen LogP contribution in [0.5, 0.6) is 0 Å². The van der Waals surface area contributed by atoms with Crippen molar-refractivity contribution in [1.29, 1.82) is 0 Å². The number of nitro benzene ring substituents is 1. The summed E-state index contributed by atoms with van der Waals surface area (Å²) in [6.07, 6.45) is 0.531. The molecule has 0 heterocycles. The first kappa shape index (κ1) is 15.5. The molecular weight excluding hydrogens is 270 g/mol. The van der Waals surface area contributed by atoms with Crippen LogP contribution < -0.4 is 5.73 Å². The van der Waals surface area contributed by atoms with Crippen molar-refractivity contribution < 1.29 is 13.3 Å². The van der Waals surface area contributed by atoms with Crippen LogP contribution in [0.1, 0.15) is 12.0 Å². The summed E-state index contributed by atoms with van der Waals surface area (Å²) >= 11 is 0. The predicted molar refractivity (Wildman–Crippen MR) is 71.3 cm³/mol. The Labute approximate surface area is 112 Å². The topological polar surface area (TPSA) is 107 Å². The fraction of sp³-hybridized carbons (Fsp3) is 0.455. The lowest BCUT2D eigenvalue weighted by molar-refractivity contribution is -0.385. The largest absolute Gasteiger partial charge is 0.330 e. The molecule has 0 amide bonds. The van der Waals surface area contributed by atoms with E-state index >= 15 is 0 Å². The van der Waals surface area contributed by atoms with E-state index in [0.29, 0.717) is 18.5 Å². The van der Waals surface area contributed by atoms with E-state index in [2.05, 4.69) is 0 Å². The summed E-state index contributed by atoms with van der Waals surface area (Å²) < 4.78 is 25.8. The summed E-state index contributed by atoms with van der Waals surface area (Å²) in [5, 5.41) is 10.7. The summed E-state index contributed by atoms with van der Waals surface area (Å²) in [5.41, 5.74) is 5.58. The third kappa shape index (κ3) is 3.49. The molecule has 0 unspecified atom stereocenters. The van der Waals surface area contributed by atoms with Crippen LogP contribution in [-0.4, -0.2) is 37.8 Å². The second-order valence-corrected chi connectivity index (χ2v) is 6.19. The first-order chi connectivity index (χ1) is 8.80. The van der Waals surface area contributed by atoms with Crippen molar-refractivity contribution in [2.75, 3.05) is 20.1 Å². The molecule has 1 aromatic rings. The lowest BCUT2D eigenvalue weighted by Crippen LogP contribution is -2.29. The monoisotopic (exact) mass is 287 g/mol. The average molecular weight is 287 g/mol. The zero-order chi connectivity index (χ0) is 14.6. The van der Waals surface area contributed by atoms with Crippen LogP contribution in [0.2, 0.25) is 0 Å². The number of non-ortho nitro benzene ring substituents is 1. The van der Waals surface area contributed by atoms with Crippen LogP contribution in [0.15, 0.2) is 23.1 Å². The van der Waals surface area contributed by atoms with Gasteiger partial charge < -0.3 is 5.73 Å². The Kier molecular flexibility index (Phi) is 4.98. The van der Waals surface area contributed by atoms with Crippen molar-refractivity contribution in [3.8, 4) is 0 Å². The molecule has 1 rings (SSSR count). The standard InChI is InChI=1S/C11H17N3O4S/c1-9-4-5-10(14(15)16)8-11(9)19(17,18)13(2)7-3-6-12/h4-5,8H,3,6-7,12H2,1-2H3. The fourth-order valence-corrected chi connectivity index (χ4v) is 3.03. The van der Waals surface area contributed by atoms with Crippen LogP contribution >= 0.6 is 0 Å². The molecule has 0 saturated carbocycles. The minimum absolute atomic E-state index is 0.0405. The summed E-state index contributed by atoms with van der Waals surface area (Å²) in [5.74, 6) is 0. The van der Waals surface area contributed by atoms with E-state index in [1.165, 1.54) is 19.2 Å².